The molecule has 0 heterocycles. The van der Waals surface area contributed by atoms with Crippen molar-refractivity contribution in [2.24, 2.45) is 0 Å². The minimum absolute atomic E-state index is 0.00319. The van der Waals surface area contributed by atoms with Crippen LogP contribution in [0.3, 0.4) is 0 Å². The largest absolute Gasteiger partial charge is 0.507 e. The molecule has 0 spiro atoms. The van der Waals surface area contributed by atoms with Crippen molar-refractivity contribution in [2.45, 2.75) is 65.7 Å². The van der Waals surface area contributed by atoms with E-state index in [1.807, 2.05) is 0 Å². The zero-order valence-electron chi connectivity index (χ0n) is 12.1. The number of hydrogen-bond acceptors (Lipinski definition) is 1. The van der Waals surface area contributed by atoms with Gasteiger partial charge in [0.2, 0.25) is 0 Å². The molecule has 1 N–H and O–H groups in total. The van der Waals surface area contributed by atoms with Gasteiger partial charge in [-0.2, -0.15) is 0 Å². The van der Waals surface area contributed by atoms with Crippen LogP contribution in [0.2, 0.25) is 0 Å². The number of aromatic hydroxyl groups is 1. The summed E-state index contributed by atoms with van der Waals surface area (Å²) in [5, 5.41) is 10.4. The summed E-state index contributed by atoms with van der Waals surface area (Å²) in [6.45, 7) is 12.9. The van der Waals surface area contributed by atoms with E-state index in [4.69, 9.17) is 0 Å². The molecule has 0 aliphatic heterocycles. The Kier molecular flexibility index (Phi) is 4.24. The molecule has 0 radical (unpaired) electrons. The summed E-state index contributed by atoms with van der Waals surface area (Å²) in [5.74, 6) is 0.935. The Morgan fingerprint density at radius 1 is 1.24 bits per heavy atom. The lowest BCUT2D eigenvalue weighted by molar-refractivity contribution is 0.433. The third-order valence-corrected chi connectivity index (χ3v) is 3.34. The first-order chi connectivity index (χ1) is 7.77. The SMILES string of the molecule is CCCC(C)c1cc(C)cc(C(C)(C)C)c1O. The van der Waals surface area contributed by atoms with E-state index in [9.17, 15) is 5.11 Å². The quantitative estimate of drug-likeness (QED) is 0.788. The molecule has 0 amide bonds. The van der Waals surface area contributed by atoms with Crippen molar-refractivity contribution >= 4 is 0 Å². The summed E-state index contributed by atoms with van der Waals surface area (Å²) >= 11 is 0. The average molecular weight is 234 g/mol. The van der Waals surface area contributed by atoms with Crippen LogP contribution in [0.4, 0.5) is 0 Å². The first-order valence-corrected chi connectivity index (χ1v) is 6.61. The molecule has 0 bridgehead atoms. The maximum atomic E-state index is 10.4. The van der Waals surface area contributed by atoms with Crippen LogP contribution in [0.1, 0.15) is 70.1 Å². The van der Waals surface area contributed by atoms with Gasteiger partial charge in [-0.15, -0.1) is 0 Å². The Morgan fingerprint density at radius 2 is 1.82 bits per heavy atom. The first kappa shape index (κ1) is 14.1. The minimum Gasteiger partial charge on any atom is -0.507 e. The molecular weight excluding hydrogens is 208 g/mol. The van der Waals surface area contributed by atoms with Crippen molar-refractivity contribution in [3.63, 3.8) is 0 Å². The van der Waals surface area contributed by atoms with Crippen molar-refractivity contribution in [3.05, 3.63) is 28.8 Å². The molecule has 0 saturated heterocycles. The third kappa shape index (κ3) is 3.24. The highest BCUT2D eigenvalue weighted by atomic mass is 16.3. The topological polar surface area (TPSA) is 20.2 Å². The Bertz CT molecular complexity index is 385. The second-order valence-corrected chi connectivity index (χ2v) is 6.19. The molecule has 1 nitrogen and oxygen atoms in total. The lowest BCUT2D eigenvalue weighted by Crippen LogP contribution is -2.13. The molecule has 1 aromatic carbocycles. The van der Waals surface area contributed by atoms with Gasteiger partial charge in [0.1, 0.15) is 5.75 Å². The smallest absolute Gasteiger partial charge is 0.122 e. The fourth-order valence-corrected chi connectivity index (χ4v) is 2.34. The fourth-order valence-electron chi connectivity index (χ4n) is 2.34. The molecule has 0 saturated carbocycles. The van der Waals surface area contributed by atoms with Gasteiger partial charge in [0.05, 0.1) is 0 Å². The van der Waals surface area contributed by atoms with Crippen LogP contribution in [0.25, 0.3) is 0 Å². The Labute approximate surface area is 106 Å². The van der Waals surface area contributed by atoms with Gasteiger partial charge >= 0.3 is 0 Å². The molecule has 0 fully saturated rings. The molecular formula is C16H26O. The number of aryl methyl sites for hydroxylation is 1. The number of hydrogen-bond donors (Lipinski definition) is 1. The maximum absolute atomic E-state index is 10.4. The van der Waals surface area contributed by atoms with Gasteiger partial charge < -0.3 is 5.11 Å². The van der Waals surface area contributed by atoms with Crippen LogP contribution in [-0.4, -0.2) is 5.11 Å². The highest BCUT2D eigenvalue weighted by Crippen LogP contribution is 2.38. The second kappa shape index (κ2) is 5.12. The Hall–Kier alpha value is -0.980. The van der Waals surface area contributed by atoms with Gasteiger partial charge in [-0.3, -0.25) is 0 Å². The Morgan fingerprint density at radius 3 is 2.29 bits per heavy atom. The predicted molar refractivity (Wildman–Crippen MR) is 74.9 cm³/mol. The van der Waals surface area contributed by atoms with E-state index in [2.05, 4.69) is 53.7 Å². The molecule has 1 heteroatoms. The van der Waals surface area contributed by atoms with E-state index in [0.29, 0.717) is 11.7 Å². The lowest BCUT2D eigenvalue weighted by Gasteiger charge is -2.24. The fraction of sp³-hybridized carbons (Fsp3) is 0.625. The van der Waals surface area contributed by atoms with Gasteiger partial charge in [0, 0.05) is 0 Å². The summed E-state index contributed by atoms with van der Waals surface area (Å²) in [6, 6.07) is 4.24. The van der Waals surface area contributed by atoms with Crippen LogP contribution in [0.15, 0.2) is 12.1 Å². The van der Waals surface area contributed by atoms with Gasteiger partial charge in [-0.1, -0.05) is 58.7 Å². The third-order valence-electron chi connectivity index (χ3n) is 3.34. The number of phenols is 1. The van der Waals surface area contributed by atoms with E-state index in [1.165, 1.54) is 5.56 Å². The summed E-state index contributed by atoms with van der Waals surface area (Å²) in [5.41, 5.74) is 3.41. The zero-order chi connectivity index (χ0) is 13.2. The van der Waals surface area contributed by atoms with Gasteiger partial charge in [-0.25, -0.2) is 0 Å². The van der Waals surface area contributed by atoms with Gasteiger partial charge in [-0.05, 0) is 35.8 Å². The molecule has 1 rings (SSSR count). The first-order valence-electron chi connectivity index (χ1n) is 6.61. The molecule has 0 aliphatic rings. The van der Waals surface area contributed by atoms with E-state index < -0.39 is 0 Å². The Balaban J connectivity index is 3.28. The molecule has 1 aromatic rings. The molecule has 1 atom stereocenters. The molecule has 1 unspecified atom stereocenters. The molecule has 0 aliphatic carbocycles. The number of benzene rings is 1. The van der Waals surface area contributed by atoms with Crippen molar-refractivity contribution in [2.75, 3.05) is 0 Å². The standard InChI is InChI=1S/C16H26O/c1-7-8-12(3)13-9-11(2)10-14(15(13)17)16(4,5)6/h9-10,12,17H,7-8H2,1-6H3. The number of phenolic OH excluding ortho intramolecular Hbond substituents is 1. The van der Waals surface area contributed by atoms with Crippen LogP contribution < -0.4 is 0 Å². The minimum atomic E-state index is -0.00319. The lowest BCUT2D eigenvalue weighted by atomic mass is 9.82. The van der Waals surface area contributed by atoms with Gasteiger partial charge in [0.15, 0.2) is 0 Å². The van der Waals surface area contributed by atoms with E-state index in [0.717, 1.165) is 24.0 Å². The monoisotopic (exact) mass is 234 g/mol. The highest BCUT2D eigenvalue weighted by Gasteiger charge is 2.22. The normalized spacial score (nSPS) is 13.8. The highest BCUT2D eigenvalue weighted by molar-refractivity contribution is 5.48. The van der Waals surface area contributed by atoms with Crippen LogP contribution >= 0.6 is 0 Å². The van der Waals surface area contributed by atoms with E-state index >= 15 is 0 Å². The molecule has 0 aromatic heterocycles. The summed E-state index contributed by atoms with van der Waals surface area (Å²) in [4.78, 5) is 0. The predicted octanol–water partition coefficient (Wildman–Crippen LogP) is 4.90. The summed E-state index contributed by atoms with van der Waals surface area (Å²) < 4.78 is 0. The zero-order valence-corrected chi connectivity index (χ0v) is 12.1. The summed E-state index contributed by atoms with van der Waals surface area (Å²) in [6.07, 6.45) is 2.28. The van der Waals surface area contributed by atoms with Crippen molar-refractivity contribution in [1.29, 1.82) is 0 Å². The second-order valence-electron chi connectivity index (χ2n) is 6.19. The average Bonchev–Trinajstić information content (AvgIpc) is 2.19. The van der Waals surface area contributed by atoms with Crippen molar-refractivity contribution in [1.82, 2.24) is 0 Å². The van der Waals surface area contributed by atoms with Gasteiger partial charge in [0.25, 0.3) is 0 Å². The van der Waals surface area contributed by atoms with E-state index in [-0.39, 0.29) is 5.41 Å². The van der Waals surface area contributed by atoms with E-state index in [1.54, 1.807) is 0 Å². The number of rotatable bonds is 3. The maximum Gasteiger partial charge on any atom is 0.122 e. The summed E-state index contributed by atoms with van der Waals surface area (Å²) in [7, 11) is 0. The van der Waals surface area contributed by atoms with Crippen molar-refractivity contribution < 1.29 is 5.11 Å². The molecule has 96 valence electrons. The van der Waals surface area contributed by atoms with Crippen LogP contribution in [-0.2, 0) is 5.41 Å². The van der Waals surface area contributed by atoms with Crippen molar-refractivity contribution in [3.8, 4) is 5.75 Å². The van der Waals surface area contributed by atoms with Crippen LogP contribution in [0, 0.1) is 6.92 Å². The molecule has 17 heavy (non-hydrogen) atoms. The van der Waals surface area contributed by atoms with Crippen LogP contribution in [0.5, 0.6) is 5.75 Å².